The monoisotopic (exact) mass is 270 g/mol. The Morgan fingerprint density at radius 3 is 2.50 bits per heavy atom. The summed E-state index contributed by atoms with van der Waals surface area (Å²) in [4.78, 5) is 23.4. The number of hydrogen-bond acceptors (Lipinski definition) is 3. The van der Waals surface area contributed by atoms with E-state index in [1.165, 1.54) is 0 Å². The van der Waals surface area contributed by atoms with E-state index in [0.717, 1.165) is 0 Å². The van der Waals surface area contributed by atoms with Gasteiger partial charge in [0, 0.05) is 0 Å². The van der Waals surface area contributed by atoms with Crippen molar-refractivity contribution >= 4 is 17.6 Å². The van der Waals surface area contributed by atoms with Crippen molar-refractivity contribution in [3.63, 3.8) is 0 Å². The highest BCUT2D eigenvalue weighted by atomic mass is 16.4. The molecular formula is C15H14N2O3. The lowest BCUT2D eigenvalue weighted by Crippen LogP contribution is -2.34. The summed E-state index contributed by atoms with van der Waals surface area (Å²) in [7, 11) is 0. The summed E-state index contributed by atoms with van der Waals surface area (Å²) < 4.78 is 0. The molecule has 20 heavy (non-hydrogen) atoms. The van der Waals surface area contributed by atoms with Crippen LogP contribution in [0.4, 0.5) is 5.69 Å². The van der Waals surface area contributed by atoms with Crippen LogP contribution in [0.5, 0.6) is 0 Å². The fraction of sp³-hybridized carbons (Fsp3) is 0.267. The second-order valence-corrected chi connectivity index (χ2v) is 4.64. The second-order valence-electron chi connectivity index (χ2n) is 4.64. The highest BCUT2D eigenvalue weighted by molar-refractivity contribution is 5.96. The van der Waals surface area contributed by atoms with Crippen LogP contribution in [0.25, 0.3) is 0 Å². The number of anilines is 1. The molecule has 1 amide bonds. The number of nitrogens with zero attached hydrogens (tertiary/aromatic N) is 1. The summed E-state index contributed by atoms with van der Waals surface area (Å²) in [6.45, 7) is 0. The maximum atomic E-state index is 12.2. The number of carboxylic acid groups (broad SMARTS) is 1. The molecule has 0 aromatic heterocycles. The van der Waals surface area contributed by atoms with E-state index in [1.54, 1.807) is 30.3 Å². The Kier molecular flexibility index (Phi) is 4.16. The van der Waals surface area contributed by atoms with Crippen LogP contribution in [-0.2, 0) is 9.59 Å². The van der Waals surface area contributed by atoms with Crippen LogP contribution in [-0.4, -0.2) is 17.0 Å². The van der Waals surface area contributed by atoms with Crippen molar-refractivity contribution in [3.05, 3.63) is 42.0 Å². The first-order valence-electron chi connectivity index (χ1n) is 6.31. The zero-order valence-electron chi connectivity index (χ0n) is 10.7. The Hall–Kier alpha value is -2.61. The van der Waals surface area contributed by atoms with Crippen LogP contribution in [0.15, 0.2) is 36.4 Å². The van der Waals surface area contributed by atoms with Crippen molar-refractivity contribution in [2.45, 2.75) is 12.8 Å². The van der Waals surface area contributed by atoms with Gasteiger partial charge in [-0.2, -0.15) is 5.26 Å². The van der Waals surface area contributed by atoms with E-state index in [9.17, 15) is 9.59 Å². The minimum absolute atomic E-state index is 0.354. The third kappa shape index (κ3) is 2.86. The predicted molar refractivity (Wildman–Crippen MR) is 72.8 cm³/mol. The molecule has 0 fully saturated rings. The molecule has 0 saturated carbocycles. The highest BCUT2D eigenvalue weighted by Gasteiger charge is 2.34. The number of carboxylic acids is 1. The Balaban J connectivity index is 2.17. The van der Waals surface area contributed by atoms with E-state index in [-0.39, 0.29) is 5.91 Å². The number of carbonyl (C=O) groups is 2. The second kappa shape index (κ2) is 6.02. The maximum absolute atomic E-state index is 12.2. The third-order valence-electron chi connectivity index (χ3n) is 3.39. The van der Waals surface area contributed by atoms with Crippen LogP contribution < -0.4 is 5.32 Å². The minimum Gasteiger partial charge on any atom is -0.481 e. The topological polar surface area (TPSA) is 90.2 Å². The summed E-state index contributed by atoms with van der Waals surface area (Å²) in [5, 5.41) is 20.8. The Morgan fingerprint density at radius 2 is 1.85 bits per heavy atom. The van der Waals surface area contributed by atoms with Gasteiger partial charge in [-0.25, -0.2) is 0 Å². The van der Waals surface area contributed by atoms with Crippen molar-refractivity contribution in [2.75, 3.05) is 5.32 Å². The zero-order chi connectivity index (χ0) is 14.5. The number of para-hydroxylation sites is 1. The fourth-order valence-corrected chi connectivity index (χ4v) is 2.29. The molecule has 0 saturated heterocycles. The van der Waals surface area contributed by atoms with E-state index in [0.29, 0.717) is 24.1 Å². The molecule has 0 spiro atoms. The molecule has 1 aliphatic rings. The largest absolute Gasteiger partial charge is 0.481 e. The van der Waals surface area contributed by atoms with E-state index in [2.05, 4.69) is 5.32 Å². The molecule has 0 bridgehead atoms. The number of aliphatic carboxylic acids is 1. The molecule has 5 nitrogen and oxygen atoms in total. The lowest BCUT2D eigenvalue weighted by Gasteiger charge is -2.24. The van der Waals surface area contributed by atoms with E-state index < -0.39 is 17.8 Å². The van der Waals surface area contributed by atoms with Crippen molar-refractivity contribution in [3.8, 4) is 6.07 Å². The molecule has 1 aliphatic carbocycles. The lowest BCUT2D eigenvalue weighted by molar-refractivity contribution is -0.146. The van der Waals surface area contributed by atoms with E-state index in [4.69, 9.17) is 10.4 Å². The average Bonchev–Trinajstić information content (AvgIpc) is 2.47. The number of benzene rings is 1. The normalized spacial score (nSPS) is 20.9. The van der Waals surface area contributed by atoms with Crippen molar-refractivity contribution in [2.24, 2.45) is 11.8 Å². The van der Waals surface area contributed by atoms with Gasteiger partial charge in [-0.3, -0.25) is 9.59 Å². The molecule has 2 rings (SSSR count). The van der Waals surface area contributed by atoms with Gasteiger partial charge < -0.3 is 10.4 Å². The molecule has 102 valence electrons. The highest BCUT2D eigenvalue weighted by Crippen LogP contribution is 2.27. The molecule has 0 unspecified atom stereocenters. The first-order chi connectivity index (χ1) is 9.63. The van der Waals surface area contributed by atoms with Gasteiger partial charge in [0.15, 0.2) is 0 Å². The first kappa shape index (κ1) is 13.8. The van der Waals surface area contributed by atoms with Crippen LogP contribution in [0, 0.1) is 23.2 Å². The molecule has 0 radical (unpaired) electrons. The molecule has 2 atom stereocenters. The number of amides is 1. The van der Waals surface area contributed by atoms with Gasteiger partial charge in [-0.15, -0.1) is 0 Å². The number of hydrogen-bond donors (Lipinski definition) is 2. The smallest absolute Gasteiger partial charge is 0.307 e. The summed E-state index contributed by atoms with van der Waals surface area (Å²) in [6.07, 6.45) is 4.36. The zero-order valence-corrected chi connectivity index (χ0v) is 10.7. The molecule has 2 N–H and O–H groups in total. The van der Waals surface area contributed by atoms with Crippen LogP contribution in [0.1, 0.15) is 18.4 Å². The average molecular weight is 270 g/mol. The Morgan fingerprint density at radius 1 is 1.20 bits per heavy atom. The minimum atomic E-state index is -0.969. The van der Waals surface area contributed by atoms with Crippen molar-refractivity contribution < 1.29 is 14.7 Å². The van der Waals surface area contributed by atoms with Gasteiger partial charge in [-0.1, -0.05) is 24.3 Å². The summed E-state index contributed by atoms with van der Waals surface area (Å²) in [5.74, 6) is -2.65. The summed E-state index contributed by atoms with van der Waals surface area (Å²) in [5.41, 5.74) is 0.776. The maximum Gasteiger partial charge on any atom is 0.307 e. The summed E-state index contributed by atoms with van der Waals surface area (Å²) in [6, 6.07) is 8.65. The first-order valence-corrected chi connectivity index (χ1v) is 6.31. The van der Waals surface area contributed by atoms with Crippen molar-refractivity contribution in [1.29, 1.82) is 5.26 Å². The number of rotatable bonds is 3. The van der Waals surface area contributed by atoms with Gasteiger partial charge >= 0.3 is 5.97 Å². The SMILES string of the molecule is N#Cc1ccccc1NC(=O)[C@@H]1CC=CC[C@@H]1C(=O)O. The summed E-state index contributed by atoms with van der Waals surface area (Å²) >= 11 is 0. The fourth-order valence-electron chi connectivity index (χ4n) is 2.29. The molecule has 0 heterocycles. The number of allylic oxidation sites excluding steroid dienone is 2. The van der Waals surface area contributed by atoms with Gasteiger partial charge in [0.05, 0.1) is 23.1 Å². The molecule has 5 heteroatoms. The Labute approximate surface area is 116 Å². The van der Waals surface area contributed by atoms with E-state index in [1.807, 2.05) is 12.1 Å². The van der Waals surface area contributed by atoms with Gasteiger partial charge in [0.1, 0.15) is 6.07 Å². The molecular weight excluding hydrogens is 256 g/mol. The van der Waals surface area contributed by atoms with Gasteiger partial charge in [-0.05, 0) is 25.0 Å². The quantitative estimate of drug-likeness (QED) is 0.823. The number of nitriles is 1. The standard InChI is InChI=1S/C15H14N2O3/c16-9-10-5-1-4-8-13(10)17-14(18)11-6-2-3-7-12(11)15(19)20/h1-5,8,11-12H,6-7H2,(H,17,18)(H,19,20)/t11-,12+/m1/s1. The van der Waals surface area contributed by atoms with Crippen LogP contribution in [0.3, 0.4) is 0 Å². The number of nitrogens with one attached hydrogen (secondary N) is 1. The third-order valence-corrected chi connectivity index (χ3v) is 3.39. The van der Waals surface area contributed by atoms with Gasteiger partial charge in [0.2, 0.25) is 5.91 Å². The lowest BCUT2D eigenvalue weighted by atomic mass is 9.82. The molecule has 1 aromatic carbocycles. The van der Waals surface area contributed by atoms with Gasteiger partial charge in [0.25, 0.3) is 0 Å². The van der Waals surface area contributed by atoms with Crippen LogP contribution in [0.2, 0.25) is 0 Å². The predicted octanol–water partition coefficient (Wildman–Crippen LogP) is 2.16. The number of carbonyl (C=O) groups excluding carboxylic acids is 1. The molecule has 1 aromatic rings. The van der Waals surface area contributed by atoms with Crippen molar-refractivity contribution in [1.82, 2.24) is 0 Å². The van der Waals surface area contributed by atoms with Crippen LogP contribution >= 0.6 is 0 Å². The Bertz CT molecular complexity index is 601. The van der Waals surface area contributed by atoms with E-state index >= 15 is 0 Å². The molecule has 0 aliphatic heterocycles.